The molecule has 0 radical (unpaired) electrons. The van der Waals surface area contributed by atoms with Gasteiger partial charge in [0, 0.05) is 6.54 Å². The minimum Gasteiger partial charge on any atom is -0.494 e. The molecule has 0 fully saturated rings. The van der Waals surface area contributed by atoms with Crippen LogP contribution in [0, 0.1) is 6.92 Å². The van der Waals surface area contributed by atoms with Crippen molar-refractivity contribution in [3.05, 3.63) is 59.7 Å². The highest BCUT2D eigenvalue weighted by Crippen LogP contribution is 2.17. The van der Waals surface area contributed by atoms with Crippen LogP contribution in [-0.2, 0) is 6.54 Å². The molecule has 122 valence electrons. The molecule has 0 aliphatic rings. The molecule has 2 aromatic carbocycles. The second-order valence-corrected chi connectivity index (χ2v) is 5.04. The van der Waals surface area contributed by atoms with Gasteiger partial charge < -0.3 is 20.1 Å². The number of amides is 2. The number of aryl methyl sites for hydroxylation is 1. The number of benzene rings is 2. The van der Waals surface area contributed by atoms with Gasteiger partial charge in [0.2, 0.25) is 0 Å². The predicted octanol–water partition coefficient (Wildman–Crippen LogP) is 3.23. The highest BCUT2D eigenvalue weighted by molar-refractivity contribution is 5.73. The van der Waals surface area contributed by atoms with E-state index in [9.17, 15) is 4.79 Å². The lowest BCUT2D eigenvalue weighted by atomic mass is 10.1. The monoisotopic (exact) mass is 314 g/mol. The van der Waals surface area contributed by atoms with Crippen molar-refractivity contribution in [2.24, 2.45) is 0 Å². The lowest BCUT2D eigenvalue weighted by molar-refractivity contribution is 0.223. The van der Waals surface area contributed by atoms with Gasteiger partial charge in [-0.05, 0) is 43.7 Å². The molecule has 0 unspecified atom stereocenters. The molecule has 0 saturated heterocycles. The molecule has 5 heteroatoms. The van der Waals surface area contributed by atoms with Gasteiger partial charge in [-0.1, -0.05) is 29.8 Å². The Labute approximate surface area is 136 Å². The van der Waals surface area contributed by atoms with Crippen molar-refractivity contribution in [3.8, 4) is 11.5 Å². The summed E-state index contributed by atoms with van der Waals surface area (Å²) >= 11 is 0. The van der Waals surface area contributed by atoms with Gasteiger partial charge in [-0.2, -0.15) is 0 Å². The largest absolute Gasteiger partial charge is 0.494 e. The van der Waals surface area contributed by atoms with Crippen LogP contribution in [0.4, 0.5) is 4.79 Å². The van der Waals surface area contributed by atoms with Crippen LogP contribution in [0.25, 0.3) is 0 Å². The van der Waals surface area contributed by atoms with Crippen molar-refractivity contribution in [2.45, 2.75) is 20.4 Å². The highest BCUT2D eigenvalue weighted by atomic mass is 16.5. The number of hydrogen-bond acceptors (Lipinski definition) is 3. The molecular formula is C18H22N2O3. The topological polar surface area (TPSA) is 59.6 Å². The lowest BCUT2D eigenvalue weighted by Crippen LogP contribution is -2.37. The zero-order valence-corrected chi connectivity index (χ0v) is 13.5. The summed E-state index contributed by atoms with van der Waals surface area (Å²) in [6, 6.07) is 15.0. The third kappa shape index (κ3) is 5.90. The van der Waals surface area contributed by atoms with E-state index in [1.54, 1.807) is 12.1 Å². The molecule has 0 spiro atoms. The Bertz CT molecular complexity index is 609. The lowest BCUT2D eigenvalue weighted by Gasteiger charge is -2.10. The first-order valence-corrected chi connectivity index (χ1v) is 7.60. The minimum absolute atomic E-state index is 0.105. The summed E-state index contributed by atoms with van der Waals surface area (Å²) < 4.78 is 10.8. The molecule has 2 N–H and O–H groups in total. The van der Waals surface area contributed by atoms with E-state index in [2.05, 4.69) is 10.6 Å². The summed E-state index contributed by atoms with van der Waals surface area (Å²) in [6.45, 7) is 5.18. The average molecular weight is 314 g/mol. The fraction of sp³-hybridized carbons (Fsp3) is 0.278. The maximum atomic E-state index is 11.7. The highest BCUT2D eigenvalue weighted by Gasteiger charge is 2.01. The molecule has 5 nitrogen and oxygen atoms in total. The van der Waals surface area contributed by atoms with Gasteiger partial charge in [-0.15, -0.1) is 0 Å². The van der Waals surface area contributed by atoms with Crippen molar-refractivity contribution in [3.63, 3.8) is 0 Å². The smallest absolute Gasteiger partial charge is 0.317 e. The van der Waals surface area contributed by atoms with Crippen LogP contribution in [0.15, 0.2) is 48.5 Å². The third-order valence-electron chi connectivity index (χ3n) is 3.18. The van der Waals surface area contributed by atoms with Crippen LogP contribution >= 0.6 is 0 Å². The summed E-state index contributed by atoms with van der Waals surface area (Å²) in [4.78, 5) is 11.7. The average Bonchev–Trinajstić information content (AvgIpc) is 2.56. The van der Waals surface area contributed by atoms with E-state index < -0.39 is 0 Å². The van der Waals surface area contributed by atoms with Gasteiger partial charge in [0.25, 0.3) is 0 Å². The Morgan fingerprint density at radius 2 is 1.52 bits per heavy atom. The van der Waals surface area contributed by atoms with Crippen LogP contribution in [0.2, 0.25) is 0 Å². The second-order valence-electron chi connectivity index (χ2n) is 5.04. The van der Waals surface area contributed by atoms with Gasteiger partial charge >= 0.3 is 6.03 Å². The molecule has 0 aromatic heterocycles. The molecule has 2 amide bonds. The van der Waals surface area contributed by atoms with Gasteiger partial charge in [-0.3, -0.25) is 0 Å². The summed E-state index contributed by atoms with van der Waals surface area (Å²) in [6.07, 6.45) is 0. The quantitative estimate of drug-likeness (QED) is 0.771. The molecular weight excluding hydrogens is 292 g/mol. The molecule has 2 rings (SSSR count). The molecule has 0 bridgehead atoms. The number of carbonyl (C=O) groups excluding carboxylic acids is 1. The maximum Gasteiger partial charge on any atom is 0.317 e. The Morgan fingerprint density at radius 3 is 2.13 bits per heavy atom. The van der Waals surface area contributed by atoms with Crippen molar-refractivity contribution < 1.29 is 14.3 Å². The van der Waals surface area contributed by atoms with Crippen molar-refractivity contribution in [2.75, 3.05) is 13.3 Å². The first-order valence-electron chi connectivity index (χ1n) is 7.60. The summed E-state index contributed by atoms with van der Waals surface area (Å²) in [7, 11) is 0. The number of ether oxygens (including phenoxy) is 2. The summed E-state index contributed by atoms with van der Waals surface area (Å²) in [5.74, 6) is 1.47. The van der Waals surface area contributed by atoms with Gasteiger partial charge in [0.05, 0.1) is 6.61 Å². The van der Waals surface area contributed by atoms with Crippen molar-refractivity contribution >= 4 is 6.03 Å². The summed E-state index contributed by atoms with van der Waals surface area (Å²) in [5, 5.41) is 5.43. The van der Waals surface area contributed by atoms with Crippen LogP contribution in [0.5, 0.6) is 11.5 Å². The summed E-state index contributed by atoms with van der Waals surface area (Å²) in [5.41, 5.74) is 2.25. The van der Waals surface area contributed by atoms with E-state index in [1.165, 1.54) is 5.56 Å². The number of rotatable bonds is 7. The van der Waals surface area contributed by atoms with Crippen LogP contribution in [0.1, 0.15) is 18.1 Å². The van der Waals surface area contributed by atoms with E-state index >= 15 is 0 Å². The van der Waals surface area contributed by atoms with Gasteiger partial charge in [0.15, 0.2) is 6.73 Å². The predicted molar refractivity (Wildman–Crippen MR) is 89.7 cm³/mol. The molecule has 0 heterocycles. The second kappa shape index (κ2) is 8.68. The van der Waals surface area contributed by atoms with E-state index in [0.29, 0.717) is 18.9 Å². The number of carbonyl (C=O) groups is 1. The Morgan fingerprint density at radius 1 is 0.913 bits per heavy atom. The maximum absolute atomic E-state index is 11.7. The standard InChI is InChI=1S/C18H22N2O3/c1-3-22-16-8-10-17(11-9-16)23-13-20-18(21)19-12-15-6-4-14(2)5-7-15/h4-11H,3,12-13H2,1-2H3,(H2,19,20,21). The van der Waals surface area contributed by atoms with Crippen LogP contribution in [-0.4, -0.2) is 19.4 Å². The Hall–Kier alpha value is -2.69. The first kappa shape index (κ1) is 16.7. The van der Waals surface area contributed by atoms with Gasteiger partial charge in [0.1, 0.15) is 11.5 Å². The Kier molecular flexibility index (Phi) is 6.29. The number of hydrogen-bond donors (Lipinski definition) is 2. The van der Waals surface area contributed by atoms with E-state index in [4.69, 9.17) is 9.47 Å². The van der Waals surface area contributed by atoms with E-state index in [1.807, 2.05) is 50.2 Å². The van der Waals surface area contributed by atoms with Crippen LogP contribution in [0.3, 0.4) is 0 Å². The molecule has 2 aromatic rings. The number of urea groups is 1. The Balaban J connectivity index is 1.67. The normalized spacial score (nSPS) is 10.0. The third-order valence-corrected chi connectivity index (χ3v) is 3.18. The zero-order valence-electron chi connectivity index (χ0n) is 13.5. The molecule has 23 heavy (non-hydrogen) atoms. The van der Waals surface area contributed by atoms with Crippen LogP contribution < -0.4 is 20.1 Å². The van der Waals surface area contributed by atoms with E-state index in [0.717, 1.165) is 11.3 Å². The van der Waals surface area contributed by atoms with Crippen molar-refractivity contribution in [1.82, 2.24) is 10.6 Å². The molecule has 0 atom stereocenters. The minimum atomic E-state index is -0.267. The van der Waals surface area contributed by atoms with Crippen molar-refractivity contribution in [1.29, 1.82) is 0 Å². The molecule has 0 aliphatic carbocycles. The SMILES string of the molecule is CCOc1ccc(OCNC(=O)NCc2ccc(C)cc2)cc1. The zero-order chi connectivity index (χ0) is 16.5. The van der Waals surface area contributed by atoms with Gasteiger partial charge in [-0.25, -0.2) is 4.79 Å². The fourth-order valence-corrected chi connectivity index (χ4v) is 1.93. The first-order chi connectivity index (χ1) is 11.2. The van der Waals surface area contributed by atoms with E-state index in [-0.39, 0.29) is 12.8 Å². The molecule has 0 saturated carbocycles. The molecule has 0 aliphatic heterocycles. The fourth-order valence-electron chi connectivity index (χ4n) is 1.93. The number of nitrogens with one attached hydrogen (secondary N) is 2.